The molecule has 0 amide bonds. The van der Waals surface area contributed by atoms with Gasteiger partial charge in [0.15, 0.2) is 0 Å². The normalized spacial score (nSPS) is 12.0. The fraction of sp³-hybridized carbons (Fsp3) is 0.571. The topological polar surface area (TPSA) is 15.3 Å². The summed E-state index contributed by atoms with van der Waals surface area (Å²) in [5, 5.41) is 2.93. The quantitative estimate of drug-likeness (QED) is 0.881. The minimum absolute atomic E-state index is 0.153. The first-order chi connectivity index (χ1) is 8.77. The summed E-state index contributed by atoms with van der Waals surface area (Å²) in [7, 11) is 1.80. The Bertz CT molecular complexity index is 414. The molecule has 108 valence electrons. The second kappa shape index (κ2) is 6.28. The smallest absolute Gasteiger partial charge is 0.372 e. The maximum atomic E-state index is 13.1. The minimum atomic E-state index is -4.32. The van der Waals surface area contributed by atoms with Crippen molar-refractivity contribution in [2.75, 3.05) is 18.5 Å². The van der Waals surface area contributed by atoms with Crippen molar-refractivity contribution >= 4 is 5.69 Å². The molecule has 0 aliphatic rings. The molecule has 2 nitrogen and oxygen atoms in total. The zero-order chi connectivity index (χ0) is 14.6. The van der Waals surface area contributed by atoms with Gasteiger partial charge >= 0.3 is 6.18 Å². The highest BCUT2D eigenvalue weighted by molar-refractivity contribution is 5.52. The molecular weight excluding hydrogens is 253 g/mol. The zero-order valence-electron chi connectivity index (χ0n) is 11.8. The number of hydrogen-bond acceptors (Lipinski definition) is 2. The lowest BCUT2D eigenvalue weighted by Crippen LogP contribution is -2.26. The molecule has 0 fully saturated rings. The van der Waals surface area contributed by atoms with Gasteiger partial charge in [-0.15, -0.1) is 0 Å². The molecule has 0 saturated carbocycles. The molecule has 0 aromatic heterocycles. The van der Waals surface area contributed by atoms with Crippen molar-refractivity contribution in [1.29, 1.82) is 0 Å². The van der Waals surface area contributed by atoms with E-state index in [1.54, 1.807) is 19.2 Å². The Hall–Kier alpha value is -1.23. The lowest BCUT2D eigenvalue weighted by atomic mass is 10.0. The molecule has 1 aromatic carbocycles. The van der Waals surface area contributed by atoms with Gasteiger partial charge in [-0.1, -0.05) is 13.0 Å². The highest BCUT2D eigenvalue weighted by Crippen LogP contribution is 2.34. The van der Waals surface area contributed by atoms with Gasteiger partial charge in [0.1, 0.15) is 0 Å². The van der Waals surface area contributed by atoms with Gasteiger partial charge in [-0.05, 0) is 38.1 Å². The van der Waals surface area contributed by atoms with E-state index in [0.29, 0.717) is 12.2 Å². The maximum absolute atomic E-state index is 13.1. The molecule has 1 N–H and O–H groups in total. The van der Waals surface area contributed by atoms with Crippen LogP contribution in [-0.4, -0.2) is 19.6 Å². The summed E-state index contributed by atoms with van der Waals surface area (Å²) >= 11 is 0. The molecule has 0 atom stereocenters. The van der Waals surface area contributed by atoms with Crippen LogP contribution in [0.3, 0.4) is 0 Å². The van der Waals surface area contributed by atoms with Crippen molar-refractivity contribution < 1.29 is 13.2 Å². The molecule has 0 bridgehead atoms. The SMILES string of the molecule is CCNCc1ccc(N(C)C(C)C)cc1C(F)(F)F. The molecule has 0 unspecified atom stereocenters. The zero-order valence-corrected chi connectivity index (χ0v) is 11.8. The van der Waals surface area contributed by atoms with Crippen LogP contribution < -0.4 is 10.2 Å². The Morgan fingerprint density at radius 3 is 2.37 bits per heavy atom. The lowest BCUT2D eigenvalue weighted by molar-refractivity contribution is -0.138. The molecule has 0 aliphatic carbocycles. The van der Waals surface area contributed by atoms with Gasteiger partial charge in [0.05, 0.1) is 5.56 Å². The Balaban J connectivity index is 3.15. The van der Waals surface area contributed by atoms with Crippen molar-refractivity contribution in [3.05, 3.63) is 29.3 Å². The third kappa shape index (κ3) is 4.13. The Labute approximate surface area is 112 Å². The van der Waals surface area contributed by atoms with Gasteiger partial charge < -0.3 is 10.2 Å². The van der Waals surface area contributed by atoms with Crippen LogP contribution in [0.5, 0.6) is 0 Å². The minimum Gasteiger partial charge on any atom is -0.372 e. The van der Waals surface area contributed by atoms with Crippen molar-refractivity contribution in [3.63, 3.8) is 0 Å². The predicted molar refractivity (Wildman–Crippen MR) is 72.4 cm³/mol. The number of nitrogens with one attached hydrogen (secondary N) is 1. The summed E-state index contributed by atoms with van der Waals surface area (Å²) < 4.78 is 39.2. The highest BCUT2D eigenvalue weighted by atomic mass is 19.4. The molecule has 5 heteroatoms. The van der Waals surface area contributed by atoms with Crippen molar-refractivity contribution in [2.24, 2.45) is 0 Å². The van der Waals surface area contributed by atoms with Crippen molar-refractivity contribution in [3.8, 4) is 0 Å². The van der Waals surface area contributed by atoms with E-state index < -0.39 is 11.7 Å². The monoisotopic (exact) mass is 274 g/mol. The first-order valence-corrected chi connectivity index (χ1v) is 6.41. The summed E-state index contributed by atoms with van der Waals surface area (Å²) in [5.41, 5.74) is 0.316. The summed E-state index contributed by atoms with van der Waals surface area (Å²) in [6.07, 6.45) is -4.32. The number of alkyl halides is 3. The number of nitrogens with zero attached hydrogens (tertiary/aromatic N) is 1. The molecule has 19 heavy (non-hydrogen) atoms. The van der Waals surface area contributed by atoms with Crippen LogP contribution >= 0.6 is 0 Å². The molecule has 0 saturated heterocycles. The number of benzene rings is 1. The number of halogens is 3. The molecule has 1 aromatic rings. The van der Waals surface area contributed by atoms with Crippen LogP contribution in [0.1, 0.15) is 31.9 Å². The fourth-order valence-electron chi connectivity index (χ4n) is 1.76. The van der Waals surface area contributed by atoms with Crippen LogP contribution in [0.2, 0.25) is 0 Å². The van der Waals surface area contributed by atoms with Crippen LogP contribution in [0, 0.1) is 0 Å². The first-order valence-electron chi connectivity index (χ1n) is 6.41. The largest absolute Gasteiger partial charge is 0.416 e. The third-order valence-electron chi connectivity index (χ3n) is 3.15. The molecule has 0 spiro atoms. The average Bonchev–Trinajstić information content (AvgIpc) is 2.34. The van der Waals surface area contributed by atoms with Crippen LogP contribution in [-0.2, 0) is 12.7 Å². The average molecular weight is 274 g/mol. The molecule has 0 radical (unpaired) electrons. The molecular formula is C14H21F3N2. The van der Waals surface area contributed by atoms with Crippen molar-refractivity contribution in [1.82, 2.24) is 5.32 Å². The van der Waals surface area contributed by atoms with E-state index in [-0.39, 0.29) is 18.2 Å². The van der Waals surface area contributed by atoms with E-state index >= 15 is 0 Å². The van der Waals surface area contributed by atoms with Crippen LogP contribution in [0.4, 0.5) is 18.9 Å². The molecule has 0 heterocycles. The summed E-state index contributed by atoms with van der Waals surface area (Å²) in [6, 6.07) is 4.68. The van der Waals surface area contributed by atoms with E-state index in [2.05, 4.69) is 5.32 Å². The van der Waals surface area contributed by atoms with Gasteiger partial charge in [-0.3, -0.25) is 0 Å². The van der Waals surface area contributed by atoms with Gasteiger partial charge in [0, 0.05) is 25.3 Å². The van der Waals surface area contributed by atoms with Gasteiger partial charge in [-0.25, -0.2) is 0 Å². The van der Waals surface area contributed by atoms with Gasteiger partial charge in [-0.2, -0.15) is 13.2 Å². The number of hydrogen-bond donors (Lipinski definition) is 1. The molecule has 1 rings (SSSR count). The van der Waals surface area contributed by atoms with E-state index in [1.807, 2.05) is 25.7 Å². The van der Waals surface area contributed by atoms with E-state index in [0.717, 1.165) is 0 Å². The number of rotatable bonds is 5. The highest BCUT2D eigenvalue weighted by Gasteiger charge is 2.33. The van der Waals surface area contributed by atoms with E-state index in [1.165, 1.54) is 6.07 Å². The maximum Gasteiger partial charge on any atom is 0.416 e. The first kappa shape index (κ1) is 15.8. The standard InChI is InChI=1S/C14H21F3N2/c1-5-18-9-11-6-7-12(19(4)10(2)3)8-13(11)14(15,16)17/h6-8,10,18H,5,9H2,1-4H3. The molecule has 0 aliphatic heterocycles. The van der Waals surface area contributed by atoms with E-state index in [9.17, 15) is 13.2 Å². The van der Waals surface area contributed by atoms with E-state index in [4.69, 9.17) is 0 Å². The fourth-order valence-corrected chi connectivity index (χ4v) is 1.76. The third-order valence-corrected chi connectivity index (χ3v) is 3.15. The predicted octanol–water partition coefficient (Wildman–Crippen LogP) is 3.66. The second-order valence-corrected chi connectivity index (χ2v) is 4.82. The van der Waals surface area contributed by atoms with Crippen molar-refractivity contribution in [2.45, 2.75) is 39.5 Å². The number of anilines is 1. The summed E-state index contributed by atoms with van der Waals surface area (Å²) in [6.45, 7) is 6.63. The Morgan fingerprint density at radius 1 is 1.26 bits per heavy atom. The van der Waals surface area contributed by atoms with Gasteiger partial charge in [0.25, 0.3) is 0 Å². The second-order valence-electron chi connectivity index (χ2n) is 4.82. The Morgan fingerprint density at radius 2 is 1.89 bits per heavy atom. The lowest BCUT2D eigenvalue weighted by Gasteiger charge is -2.25. The van der Waals surface area contributed by atoms with Gasteiger partial charge in [0.2, 0.25) is 0 Å². The Kier molecular flexibility index (Phi) is 5.23. The summed E-state index contributed by atoms with van der Waals surface area (Å²) in [5.74, 6) is 0. The summed E-state index contributed by atoms with van der Waals surface area (Å²) in [4.78, 5) is 1.83. The van der Waals surface area contributed by atoms with Crippen LogP contribution in [0.15, 0.2) is 18.2 Å². The van der Waals surface area contributed by atoms with Crippen LogP contribution in [0.25, 0.3) is 0 Å².